The molecule has 4 aromatic rings. The number of aromatic nitrogens is 3. The smallest absolute Gasteiger partial charge is 0.281 e. The van der Waals surface area contributed by atoms with E-state index in [9.17, 15) is 9.59 Å². The van der Waals surface area contributed by atoms with Gasteiger partial charge in [-0.3, -0.25) is 24.6 Å². The molecule has 5 heterocycles. The molecule has 3 aliphatic heterocycles. The second kappa shape index (κ2) is 13.9. The maximum atomic E-state index is 14.0. The van der Waals surface area contributed by atoms with Gasteiger partial charge in [0.15, 0.2) is 0 Å². The average molecular weight is 678 g/mol. The summed E-state index contributed by atoms with van der Waals surface area (Å²) >= 11 is 0. The van der Waals surface area contributed by atoms with Gasteiger partial charge in [0.2, 0.25) is 23.5 Å². The van der Waals surface area contributed by atoms with Crippen LogP contribution in [-0.2, 0) is 9.59 Å². The molecule has 0 saturated carbocycles. The average Bonchev–Trinajstić information content (AvgIpc) is 3.84. The lowest BCUT2D eigenvalue weighted by Gasteiger charge is -2.37. The fourth-order valence-corrected chi connectivity index (χ4v) is 7.32. The molecule has 13 heteroatoms. The van der Waals surface area contributed by atoms with E-state index in [1.807, 2.05) is 78.2 Å². The van der Waals surface area contributed by atoms with Crippen molar-refractivity contribution in [1.29, 1.82) is 0 Å². The number of pyridine rings is 1. The van der Waals surface area contributed by atoms with E-state index >= 15 is 0 Å². The summed E-state index contributed by atoms with van der Waals surface area (Å²) in [6.07, 6.45) is 4.91. The number of hydrogen-bond donors (Lipinski definition) is 3. The standard InChI is InChI=1S/C37H44N10O3/c1-25(2)50-32-11-6-27(21-40-32)34-30-20-29(9-10-31(30)42-43-34)47-15-13-37(36(47)49)12-14-44(23-37)22-33(48)46-18-16-45(17-19-46)28-7-4-26(5-8-28)35(38)41-24-39-3/h4-11,20-21,24-25H,12-19,22-23H2,1-3H3,(H,42,43)(H2,38,39,41)/p+1/t37-/m0/s1. The Bertz CT molecular complexity index is 1910. The number of anilines is 2. The van der Waals surface area contributed by atoms with Crippen LogP contribution in [0.25, 0.3) is 22.2 Å². The van der Waals surface area contributed by atoms with E-state index < -0.39 is 5.41 Å². The number of ether oxygens (including phenoxy) is 1. The van der Waals surface area contributed by atoms with E-state index in [0.29, 0.717) is 44.4 Å². The monoisotopic (exact) mass is 677 g/mol. The van der Waals surface area contributed by atoms with Gasteiger partial charge in [-0.1, -0.05) is 0 Å². The summed E-state index contributed by atoms with van der Waals surface area (Å²) in [6, 6.07) is 17.8. The Balaban J connectivity index is 0.945. The molecule has 1 spiro atoms. The van der Waals surface area contributed by atoms with Gasteiger partial charge in [-0.05, 0) is 86.8 Å². The number of carbonyl (C=O) groups is 2. The Morgan fingerprint density at radius 2 is 1.80 bits per heavy atom. The summed E-state index contributed by atoms with van der Waals surface area (Å²) < 4.78 is 5.70. The highest BCUT2D eigenvalue weighted by atomic mass is 16.5. The largest absolute Gasteiger partial charge is 0.475 e. The number of hydrogen-bond acceptors (Lipinski definition) is 7. The molecule has 260 valence electrons. The fraction of sp³-hybridized carbons (Fsp3) is 0.405. The molecule has 7 rings (SSSR count). The van der Waals surface area contributed by atoms with Gasteiger partial charge in [0.1, 0.15) is 5.69 Å². The van der Waals surface area contributed by atoms with E-state index in [-0.39, 0.29) is 17.9 Å². The van der Waals surface area contributed by atoms with E-state index in [1.165, 1.54) is 0 Å². The van der Waals surface area contributed by atoms with Crippen molar-refractivity contribution in [2.45, 2.75) is 32.8 Å². The number of aromatic amines is 1. The van der Waals surface area contributed by atoms with Gasteiger partial charge in [0.05, 0.1) is 30.6 Å². The number of carbonyl (C=O) groups excluding carboxylic acids is 2. The number of aliphatic imine (C=N–C) groups is 1. The summed E-state index contributed by atoms with van der Waals surface area (Å²) in [5, 5.41) is 8.61. The van der Waals surface area contributed by atoms with Crippen molar-refractivity contribution in [2.75, 3.05) is 69.2 Å². The van der Waals surface area contributed by atoms with Crippen molar-refractivity contribution >= 4 is 46.3 Å². The van der Waals surface area contributed by atoms with Crippen molar-refractivity contribution in [1.82, 2.24) is 25.0 Å². The SMILES string of the molecule is C[NH+]=CN=C(N)c1ccc(N2CCN(C(=O)CN3CC[C@]4(CCN(c5ccc6[nH]nc(-c7ccc(OC(C)C)nc7)c6c5)C4=O)C3)CC2)cc1. The van der Waals surface area contributed by atoms with Crippen molar-refractivity contribution < 1.29 is 19.3 Å². The van der Waals surface area contributed by atoms with E-state index in [4.69, 9.17) is 10.5 Å². The predicted octanol–water partition coefficient (Wildman–Crippen LogP) is 1.63. The molecule has 13 nitrogen and oxygen atoms in total. The molecule has 0 radical (unpaired) electrons. The predicted molar refractivity (Wildman–Crippen MR) is 194 cm³/mol. The van der Waals surface area contributed by atoms with Gasteiger partial charge in [-0.2, -0.15) is 5.10 Å². The van der Waals surface area contributed by atoms with E-state index in [0.717, 1.165) is 71.6 Å². The summed E-state index contributed by atoms with van der Waals surface area (Å²) in [5.41, 5.74) is 11.0. The maximum absolute atomic E-state index is 14.0. The zero-order chi connectivity index (χ0) is 34.8. The number of piperazine rings is 1. The zero-order valence-electron chi connectivity index (χ0n) is 28.9. The number of amidine groups is 1. The Morgan fingerprint density at radius 3 is 2.52 bits per heavy atom. The zero-order valence-corrected chi connectivity index (χ0v) is 28.9. The van der Waals surface area contributed by atoms with Crippen LogP contribution in [0, 0.1) is 5.41 Å². The molecular formula is C37H45N10O3+. The van der Waals surface area contributed by atoms with Crippen LogP contribution in [-0.4, -0.2) is 114 Å². The highest BCUT2D eigenvalue weighted by Gasteiger charge is 2.51. The third-order valence-corrected chi connectivity index (χ3v) is 10.0. The van der Waals surface area contributed by atoms with Gasteiger partial charge >= 0.3 is 0 Å². The summed E-state index contributed by atoms with van der Waals surface area (Å²) in [7, 11) is 1.78. The third kappa shape index (κ3) is 6.65. The van der Waals surface area contributed by atoms with Crippen molar-refractivity contribution in [3.05, 3.63) is 66.4 Å². The lowest BCUT2D eigenvalue weighted by Crippen LogP contribution is -2.62. The third-order valence-electron chi connectivity index (χ3n) is 10.0. The van der Waals surface area contributed by atoms with Gasteiger partial charge in [-0.25, -0.2) is 4.98 Å². The number of amides is 2. The van der Waals surface area contributed by atoms with Crippen LogP contribution in [0.5, 0.6) is 5.88 Å². The van der Waals surface area contributed by atoms with Crippen molar-refractivity contribution in [3.8, 4) is 17.1 Å². The first-order valence-electron chi connectivity index (χ1n) is 17.3. The number of likely N-dealkylation sites (tertiary alicyclic amines) is 1. The van der Waals surface area contributed by atoms with Gasteiger partial charge in [0, 0.05) is 79.4 Å². The Morgan fingerprint density at radius 1 is 1.04 bits per heavy atom. The normalized spacial score (nSPS) is 20.4. The van der Waals surface area contributed by atoms with Crippen LogP contribution >= 0.6 is 0 Å². The Hall–Kier alpha value is -5.30. The quantitative estimate of drug-likeness (QED) is 0.179. The second-order valence-corrected chi connectivity index (χ2v) is 13.6. The van der Waals surface area contributed by atoms with Crippen LogP contribution in [0.4, 0.5) is 11.4 Å². The lowest BCUT2D eigenvalue weighted by atomic mass is 9.85. The summed E-state index contributed by atoms with van der Waals surface area (Å²) in [5.74, 6) is 1.29. The van der Waals surface area contributed by atoms with Gasteiger partial charge < -0.3 is 25.2 Å². The van der Waals surface area contributed by atoms with E-state index in [2.05, 4.69) is 35.0 Å². The summed E-state index contributed by atoms with van der Waals surface area (Å²) in [6.45, 7) is 9.12. The van der Waals surface area contributed by atoms with Crippen molar-refractivity contribution in [3.63, 3.8) is 0 Å². The minimum Gasteiger partial charge on any atom is -0.475 e. The van der Waals surface area contributed by atoms with Gasteiger partial charge in [-0.15, -0.1) is 0 Å². The molecule has 0 aliphatic carbocycles. The first kappa shape index (κ1) is 33.2. The first-order chi connectivity index (χ1) is 24.2. The molecule has 2 aromatic carbocycles. The lowest BCUT2D eigenvalue weighted by molar-refractivity contribution is -0.414. The minimum atomic E-state index is -0.464. The molecular weight excluding hydrogens is 632 g/mol. The molecule has 3 fully saturated rings. The molecule has 2 amide bonds. The highest BCUT2D eigenvalue weighted by Crippen LogP contribution is 2.43. The van der Waals surface area contributed by atoms with E-state index in [1.54, 1.807) is 19.6 Å². The van der Waals surface area contributed by atoms with Crippen molar-refractivity contribution in [2.24, 2.45) is 16.1 Å². The molecule has 50 heavy (non-hydrogen) atoms. The number of fused-ring (bicyclic) bond motifs is 1. The minimum absolute atomic E-state index is 0.0441. The molecule has 1 atom stereocenters. The number of H-pyrrole nitrogens is 1. The summed E-state index contributed by atoms with van der Waals surface area (Å²) in [4.78, 5) is 47.2. The maximum Gasteiger partial charge on any atom is 0.281 e. The van der Waals surface area contributed by atoms with Crippen LogP contribution in [0.15, 0.2) is 65.8 Å². The molecule has 3 saturated heterocycles. The molecule has 2 aromatic heterocycles. The fourth-order valence-electron chi connectivity index (χ4n) is 7.32. The first-order valence-corrected chi connectivity index (χ1v) is 17.3. The highest BCUT2D eigenvalue weighted by molar-refractivity contribution is 6.03. The van der Waals surface area contributed by atoms with Crippen LogP contribution in [0.1, 0.15) is 32.3 Å². The number of nitrogens with zero attached hydrogens (tertiary/aromatic N) is 7. The molecule has 0 unspecified atom stereocenters. The Labute approximate surface area is 291 Å². The van der Waals surface area contributed by atoms with Gasteiger partial charge in [0.25, 0.3) is 6.34 Å². The van der Waals surface area contributed by atoms with Crippen LogP contribution < -0.4 is 25.3 Å². The number of nitrogens with one attached hydrogen (secondary N) is 2. The topological polar surface area (TPSA) is 150 Å². The second-order valence-electron chi connectivity index (χ2n) is 13.6. The van der Waals surface area contributed by atoms with Crippen LogP contribution in [0.2, 0.25) is 0 Å². The number of rotatable bonds is 9. The number of benzene rings is 2. The number of nitrogens with two attached hydrogens (primary N) is 1. The Kier molecular flexibility index (Phi) is 9.23. The molecule has 3 aliphatic rings. The van der Waals surface area contributed by atoms with Crippen LogP contribution in [0.3, 0.4) is 0 Å². The molecule has 0 bridgehead atoms. The molecule has 4 N–H and O–H groups in total.